The molecule has 38 heavy (non-hydrogen) atoms. The number of alkyl halides is 3. The summed E-state index contributed by atoms with van der Waals surface area (Å²) in [5, 5.41) is 19.3. The van der Waals surface area contributed by atoms with Crippen LogP contribution >= 0.6 is 0 Å². The predicted molar refractivity (Wildman–Crippen MR) is 133 cm³/mol. The molecule has 0 aromatic heterocycles. The molecule has 1 atom stereocenters. The Morgan fingerprint density at radius 1 is 0.921 bits per heavy atom. The second-order valence-corrected chi connectivity index (χ2v) is 9.33. The number of fused-ring (bicyclic) bond motifs is 2. The van der Waals surface area contributed by atoms with Gasteiger partial charge in [0.25, 0.3) is 0 Å². The summed E-state index contributed by atoms with van der Waals surface area (Å²) in [7, 11) is 0. The van der Waals surface area contributed by atoms with Gasteiger partial charge in [0.05, 0.1) is 11.3 Å². The Hall–Kier alpha value is -3.73. The highest BCUT2D eigenvalue weighted by Gasteiger charge is 2.33. The molecule has 0 spiro atoms. The number of hydrogen-bond acceptors (Lipinski definition) is 6. The van der Waals surface area contributed by atoms with Crippen molar-refractivity contribution in [3.63, 3.8) is 0 Å². The number of carboxylic acid groups (broad SMARTS) is 2. The van der Waals surface area contributed by atoms with E-state index in [0.717, 1.165) is 60.7 Å². The van der Waals surface area contributed by atoms with Crippen LogP contribution in [0.3, 0.4) is 0 Å². The molecule has 3 N–H and O–H groups in total. The van der Waals surface area contributed by atoms with Crippen molar-refractivity contribution in [2.24, 2.45) is 0 Å². The average Bonchev–Trinajstić information content (AvgIpc) is 3.29. The lowest BCUT2D eigenvalue weighted by Gasteiger charge is -2.36. The van der Waals surface area contributed by atoms with Crippen molar-refractivity contribution in [2.75, 3.05) is 31.2 Å². The van der Waals surface area contributed by atoms with Gasteiger partial charge in [-0.25, -0.2) is 9.59 Å². The van der Waals surface area contributed by atoms with E-state index in [0.29, 0.717) is 37.8 Å². The van der Waals surface area contributed by atoms with E-state index in [2.05, 4.69) is 16.3 Å². The molecular formula is C27H29F3N2O6. The standard InChI is InChI=1S/C23H25F3N2O2.C4H4O4/c24-23(25,26)17-5-4-15-13-19(14-16(15)12-17)27-18-6-8-28(9-7-18)20-2-1-3-21-22(20)30-11-10-29-21;5-3(6)1-2-4(7)8/h1-5,12,18-19,27H,6-11,13-14H2;1-2H,(H,5,6)(H,7,8)/b;2-1+. The van der Waals surface area contributed by atoms with E-state index in [1.165, 1.54) is 12.1 Å². The highest BCUT2D eigenvalue weighted by atomic mass is 19.4. The van der Waals surface area contributed by atoms with Gasteiger partial charge in [0.1, 0.15) is 13.2 Å². The molecule has 0 bridgehead atoms. The van der Waals surface area contributed by atoms with Crippen LogP contribution in [0, 0.1) is 0 Å². The van der Waals surface area contributed by atoms with Gasteiger partial charge in [0.2, 0.25) is 0 Å². The minimum atomic E-state index is -4.28. The number of para-hydroxylation sites is 1. The normalized spacial score (nSPS) is 19.0. The summed E-state index contributed by atoms with van der Waals surface area (Å²) < 4.78 is 50.5. The van der Waals surface area contributed by atoms with Crippen LogP contribution in [-0.4, -0.2) is 60.5 Å². The van der Waals surface area contributed by atoms with Crippen molar-refractivity contribution in [1.82, 2.24) is 5.32 Å². The molecule has 1 unspecified atom stereocenters. The summed E-state index contributed by atoms with van der Waals surface area (Å²) in [6.45, 7) is 2.97. The third-order valence-electron chi connectivity index (χ3n) is 6.69. The molecule has 11 heteroatoms. The number of rotatable bonds is 5. The van der Waals surface area contributed by atoms with Crippen molar-refractivity contribution in [3.05, 3.63) is 65.2 Å². The second kappa shape index (κ2) is 11.8. The van der Waals surface area contributed by atoms with Crippen LogP contribution in [-0.2, 0) is 28.6 Å². The van der Waals surface area contributed by atoms with E-state index >= 15 is 0 Å². The Balaban J connectivity index is 0.000000368. The average molecular weight is 535 g/mol. The number of carboxylic acids is 2. The van der Waals surface area contributed by atoms with Gasteiger partial charge in [-0.3, -0.25) is 0 Å². The fraction of sp³-hybridized carbons (Fsp3) is 0.407. The van der Waals surface area contributed by atoms with Crippen LogP contribution in [0.15, 0.2) is 48.6 Å². The maximum absolute atomic E-state index is 13.0. The lowest BCUT2D eigenvalue weighted by molar-refractivity contribution is -0.137. The summed E-state index contributed by atoms with van der Waals surface area (Å²) in [6, 6.07) is 10.8. The topological polar surface area (TPSA) is 108 Å². The van der Waals surface area contributed by atoms with Gasteiger partial charge in [-0.15, -0.1) is 0 Å². The lowest BCUT2D eigenvalue weighted by Crippen LogP contribution is -2.46. The largest absolute Gasteiger partial charge is 0.486 e. The molecule has 2 aromatic carbocycles. The summed E-state index contributed by atoms with van der Waals surface area (Å²) >= 11 is 0. The highest BCUT2D eigenvalue weighted by molar-refractivity contribution is 5.89. The van der Waals surface area contributed by atoms with Crippen LogP contribution in [0.4, 0.5) is 18.9 Å². The van der Waals surface area contributed by atoms with Gasteiger partial charge in [-0.05, 0) is 61.1 Å². The first-order chi connectivity index (χ1) is 18.1. The second-order valence-electron chi connectivity index (χ2n) is 9.33. The van der Waals surface area contributed by atoms with Crippen LogP contribution in [0.1, 0.15) is 29.5 Å². The van der Waals surface area contributed by atoms with E-state index in [-0.39, 0.29) is 6.04 Å². The molecule has 0 radical (unpaired) electrons. The maximum Gasteiger partial charge on any atom is 0.416 e. The van der Waals surface area contributed by atoms with Crippen molar-refractivity contribution >= 4 is 17.6 Å². The maximum atomic E-state index is 13.0. The number of benzene rings is 2. The first kappa shape index (κ1) is 27.3. The third-order valence-corrected chi connectivity index (χ3v) is 6.69. The van der Waals surface area contributed by atoms with Gasteiger partial charge >= 0.3 is 18.1 Å². The van der Waals surface area contributed by atoms with E-state index in [1.54, 1.807) is 6.07 Å². The van der Waals surface area contributed by atoms with Crippen molar-refractivity contribution < 1.29 is 42.4 Å². The Morgan fingerprint density at radius 3 is 2.24 bits per heavy atom. The Kier molecular flexibility index (Phi) is 8.45. The van der Waals surface area contributed by atoms with Crippen LogP contribution in [0.2, 0.25) is 0 Å². The number of nitrogens with one attached hydrogen (secondary N) is 1. The molecular weight excluding hydrogens is 505 g/mol. The number of ether oxygens (including phenoxy) is 2. The number of halogens is 3. The molecule has 5 rings (SSSR count). The number of nitrogens with zero attached hydrogens (tertiary/aromatic N) is 1. The monoisotopic (exact) mass is 534 g/mol. The molecule has 1 fully saturated rings. The van der Waals surface area contributed by atoms with Crippen LogP contribution in [0.25, 0.3) is 0 Å². The van der Waals surface area contributed by atoms with Crippen molar-refractivity contribution in [3.8, 4) is 11.5 Å². The molecule has 2 heterocycles. The number of anilines is 1. The van der Waals surface area contributed by atoms with Crippen molar-refractivity contribution in [1.29, 1.82) is 0 Å². The van der Waals surface area contributed by atoms with E-state index in [1.807, 2.05) is 12.1 Å². The van der Waals surface area contributed by atoms with Crippen molar-refractivity contribution in [2.45, 2.75) is 43.9 Å². The molecule has 2 aliphatic heterocycles. The molecule has 8 nitrogen and oxygen atoms in total. The fourth-order valence-electron chi connectivity index (χ4n) is 4.98. The molecule has 1 aliphatic carbocycles. The number of carbonyl (C=O) groups is 2. The van der Waals surface area contributed by atoms with Crippen LogP contribution < -0.4 is 19.7 Å². The molecule has 204 valence electrons. The molecule has 0 amide bonds. The lowest BCUT2D eigenvalue weighted by atomic mass is 10.0. The zero-order chi connectivity index (χ0) is 27.3. The summed E-state index contributed by atoms with van der Waals surface area (Å²) in [5.41, 5.74) is 2.39. The van der Waals surface area contributed by atoms with Gasteiger partial charge in [-0.1, -0.05) is 12.1 Å². The Bertz CT molecular complexity index is 1180. The van der Waals surface area contributed by atoms with E-state index in [4.69, 9.17) is 19.7 Å². The number of hydrogen-bond donors (Lipinski definition) is 3. The smallest absolute Gasteiger partial charge is 0.416 e. The van der Waals surface area contributed by atoms with E-state index in [9.17, 15) is 22.8 Å². The van der Waals surface area contributed by atoms with Crippen LogP contribution in [0.5, 0.6) is 11.5 Å². The Labute approximate surface area is 217 Å². The number of piperidine rings is 1. The third kappa shape index (κ3) is 6.97. The predicted octanol–water partition coefficient (Wildman–Crippen LogP) is 3.91. The molecule has 3 aliphatic rings. The first-order valence-corrected chi connectivity index (χ1v) is 12.3. The first-order valence-electron chi connectivity index (χ1n) is 12.3. The molecule has 2 aromatic rings. The zero-order valence-electron chi connectivity index (χ0n) is 20.5. The minimum absolute atomic E-state index is 0.209. The van der Waals surface area contributed by atoms with Gasteiger partial charge in [-0.2, -0.15) is 13.2 Å². The Morgan fingerprint density at radius 2 is 1.58 bits per heavy atom. The van der Waals surface area contributed by atoms with Gasteiger partial charge in [0, 0.05) is 37.3 Å². The summed E-state index contributed by atoms with van der Waals surface area (Å²) in [6.07, 6.45) is 0.279. The van der Waals surface area contributed by atoms with Gasteiger partial charge < -0.3 is 29.9 Å². The SMILES string of the molecule is FC(F)(F)c1ccc2c(c1)CC(NC1CCN(c3cccc4c3OCCO4)CC1)C2.O=C(O)/C=C/C(=O)O. The summed E-state index contributed by atoms with van der Waals surface area (Å²) in [4.78, 5) is 21.4. The highest BCUT2D eigenvalue weighted by Crippen LogP contribution is 2.40. The van der Waals surface area contributed by atoms with Gasteiger partial charge in [0.15, 0.2) is 11.5 Å². The molecule has 1 saturated heterocycles. The molecule has 0 saturated carbocycles. The minimum Gasteiger partial charge on any atom is -0.486 e. The van der Waals surface area contributed by atoms with E-state index < -0.39 is 23.7 Å². The number of aliphatic carboxylic acids is 2. The summed E-state index contributed by atoms with van der Waals surface area (Å²) in [5.74, 6) is -0.873. The quantitative estimate of drug-likeness (QED) is 0.496. The fourth-order valence-corrected chi connectivity index (χ4v) is 4.98. The zero-order valence-corrected chi connectivity index (χ0v) is 20.5.